The molecule has 3 heterocycles. The lowest BCUT2D eigenvalue weighted by Gasteiger charge is -2.33. The summed E-state index contributed by atoms with van der Waals surface area (Å²) < 4.78 is 6.43. The van der Waals surface area contributed by atoms with E-state index < -0.39 is 29.6 Å². The Balaban J connectivity index is 1.43. The van der Waals surface area contributed by atoms with Crippen LogP contribution in [0.5, 0.6) is 0 Å². The SMILES string of the molecule is O=C(Nc1ccc(Cl)cc1)C1N(CCCCCO)C(=O)[C@@H]2[C@@H](C(=O)Nc3ccccc3)[C@H]3CCC12O3. The summed E-state index contributed by atoms with van der Waals surface area (Å²) in [6.45, 7) is 0.435. The molecule has 3 fully saturated rings. The van der Waals surface area contributed by atoms with Crippen LogP contribution in [0.2, 0.25) is 5.02 Å². The van der Waals surface area contributed by atoms with Crippen LogP contribution in [0, 0.1) is 11.8 Å². The Hall–Kier alpha value is -2.94. The molecule has 190 valence electrons. The highest BCUT2D eigenvalue weighted by Gasteiger charge is 2.74. The number of aliphatic hydroxyl groups excluding tert-OH is 1. The second kappa shape index (κ2) is 10.2. The molecule has 1 spiro atoms. The highest BCUT2D eigenvalue weighted by molar-refractivity contribution is 6.30. The van der Waals surface area contributed by atoms with Gasteiger partial charge < -0.3 is 25.4 Å². The van der Waals surface area contributed by atoms with E-state index in [1.807, 2.05) is 18.2 Å². The molecule has 5 atom stereocenters. The number of aliphatic hydroxyl groups is 1. The highest BCUT2D eigenvalue weighted by Crippen LogP contribution is 2.58. The Morgan fingerprint density at radius 1 is 1.00 bits per heavy atom. The average Bonchev–Trinajstić information content (AvgIpc) is 3.51. The van der Waals surface area contributed by atoms with Crippen LogP contribution in [0.3, 0.4) is 0 Å². The molecule has 8 nitrogen and oxygen atoms in total. The van der Waals surface area contributed by atoms with E-state index in [1.54, 1.807) is 41.3 Å². The zero-order chi connectivity index (χ0) is 25.3. The lowest BCUT2D eigenvalue weighted by molar-refractivity contribution is -0.139. The van der Waals surface area contributed by atoms with E-state index in [1.165, 1.54) is 0 Å². The van der Waals surface area contributed by atoms with Crippen molar-refractivity contribution < 1.29 is 24.2 Å². The number of halogens is 1. The first-order chi connectivity index (χ1) is 17.4. The lowest BCUT2D eigenvalue weighted by Crippen LogP contribution is -2.53. The summed E-state index contributed by atoms with van der Waals surface area (Å²) in [5, 5.41) is 15.6. The molecule has 0 aromatic heterocycles. The van der Waals surface area contributed by atoms with E-state index in [0.29, 0.717) is 48.6 Å². The minimum atomic E-state index is -1.05. The van der Waals surface area contributed by atoms with Gasteiger partial charge in [-0.3, -0.25) is 14.4 Å². The molecule has 3 aliphatic rings. The quantitative estimate of drug-likeness (QED) is 0.447. The van der Waals surface area contributed by atoms with Crippen LogP contribution >= 0.6 is 11.6 Å². The zero-order valence-electron chi connectivity index (χ0n) is 19.9. The number of nitrogens with zero attached hydrogens (tertiary/aromatic N) is 1. The standard InChI is InChI=1S/C27H30ClN3O5/c28-17-9-11-19(12-10-17)30-25(34)23-27-14-13-20(36-27)21(24(33)29-18-7-3-1-4-8-18)22(27)26(35)31(23)15-5-2-6-16-32/h1,3-4,7-12,20-23,32H,2,5-6,13-16H2,(H,29,33)(H,30,34)/t20-,21+,22+,23?,27?/m1/s1. The molecule has 5 rings (SSSR count). The topological polar surface area (TPSA) is 108 Å². The molecule has 2 aromatic rings. The van der Waals surface area contributed by atoms with Crippen molar-refractivity contribution in [2.45, 2.75) is 49.9 Å². The number of carbonyl (C=O) groups excluding carboxylic acids is 3. The van der Waals surface area contributed by atoms with Crippen molar-refractivity contribution >= 4 is 40.7 Å². The van der Waals surface area contributed by atoms with Crippen LogP contribution in [0.1, 0.15) is 32.1 Å². The number of likely N-dealkylation sites (tertiary alicyclic amines) is 1. The Morgan fingerprint density at radius 3 is 2.42 bits per heavy atom. The van der Waals surface area contributed by atoms with Crippen LogP contribution < -0.4 is 10.6 Å². The van der Waals surface area contributed by atoms with Crippen molar-refractivity contribution in [3.63, 3.8) is 0 Å². The summed E-state index contributed by atoms with van der Waals surface area (Å²) in [5.74, 6) is -2.20. The van der Waals surface area contributed by atoms with Gasteiger partial charge in [0, 0.05) is 29.5 Å². The summed E-state index contributed by atoms with van der Waals surface area (Å²) in [6.07, 6.45) is 2.73. The van der Waals surface area contributed by atoms with Crippen LogP contribution in [0.15, 0.2) is 54.6 Å². The fraction of sp³-hybridized carbons (Fsp3) is 0.444. The number of rotatable bonds is 9. The number of fused-ring (bicyclic) bond motifs is 1. The Kier molecular flexibility index (Phi) is 7.01. The predicted octanol–water partition coefficient (Wildman–Crippen LogP) is 3.45. The maximum absolute atomic E-state index is 13.8. The van der Waals surface area contributed by atoms with Crippen LogP contribution in [0.25, 0.3) is 0 Å². The smallest absolute Gasteiger partial charge is 0.250 e. The molecule has 0 saturated carbocycles. The number of amides is 3. The third-order valence-electron chi connectivity index (χ3n) is 7.56. The second-order valence-corrected chi connectivity index (χ2v) is 10.2. The molecular formula is C27H30ClN3O5. The summed E-state index contributed by atoms with van der Waals surface area (Å²) in [7, 11) is 0. The lowest BCUT2D eigenvalue weighted by atomic mass is 9.70. The summed E-state index contributed by atoms with van der Waals surface area (Å²) in [4.78, 5) is 42.5. The third kappa shape index (κ3) is 4.38. The molecule has 36 heavy (non-hydrogen) atoms. The maximum atomic E-state index is 13.8. The van der Waals surface area contributed by atoms with Crippen molar-refractivity contribution in [2.24, 2.45) is 11.8 Å². The first-order valence-corrected chi connectivity index (χ1v) is 12.8. The summed E-state index contributed by atoms with van der Waals surface area (Å²) >= 11 is 5.99. The fourth-order valence-electron chi connectivity index (χ4n) is 6.06. The highest BCUT2D eigenvalue weighted by atomic mass is 35.5. The first-order valence-electron chi connectivity index (χ1n) is 12.5. The minimum absolute atomic E-state index is 0.0769. The van der Waals surface area contributed by atoms with Gasteiger partial charge in [-0.1, -0.05) is 29.8 Å². The number of hydrogen-bond donors (Lipinski definition) is 3. The van der Waals surface area contributed by atoms with Gasteiger partial charge >= 0.3 is 0 Å². The van der Waals surface area contributed by atoms with Crippen molar-refractivity contribution in [1.82, 2.24) is 4.90 Å². The number of para-hydroxylation sites is 1. The number of hydrogen-bond acceptors (Lipinski definition) is 5. The Bertz CT molecular complexity index is 1130. The van der Waals surface area contributed by atoms with Gasteiger partial charge in [0.15, 0.2) is 0 Å². The van der Waals surface area contributed by atoms with Gasteiger partial charge in [0.25, 0.3) is 0 Å². The predicted molar refractivity (Wildman–Crippen MR) is 135 cm³/mol. The molecule has 2 unspecified atom stereocenters. The largest absolute Gasteiger partial charge is 0.396 e. The van der Waals surface area contributed by atoms with Gasteiger partial charge in [-0.15, -0.1) is 0 Å². The van der Waals surface area contributed by atoms with Crippen molar-refractivity contribution in [2.75, 3.05) is 23.8 Å². The number of unbranched alkanes of at least 4 members (excludes halogenated alkanes) is 2. The van der Waals surface area contributed by atoms with E-state index in [-0.39, 0.29) is 24.3 Å². The van der Waals surface area contributed by atoms with Crippen molar-refractivity contribution in [3.05, 3.63) is 59.6 Å². The normalized spacial score (nSPS) is 28.3. The summed E-state index contributed by atoms with van der Waals surface area (Å²) in [5.41, 5.74) is 0.180. The van der Waals surface area contributed by atoms with Gasteiger partial charge in [-0.2, -0.15) is 0 Å². The molecular weight excluding hydrogens is 482 g/mol. The minimum Gasteiger partial charge on any atom is -0.396 e. The number of carbonyl (C=O) groups is 3. The maximum Gasteiger partial charge on any atom is 0.250 e. The second-order valence-electron chi connectivity index (χ2n) is 9.72. The van der Waals surface area contributed by atoms with E-state index in [9.17, 15) is 14.4 Å². The molecule has 0 radical (unpaired) electrons. The van der Waals surface area contributed by atoms with E-state index in [2.05, 4.69) is 10.6 Å². The van der Waals surface area contributed by atoms with Crippen LogP contribution in [0.4, 0.5) is 11.4 Å². The Morgan fingerprint density at radius 2 is 1.69 bits per heavy atom. The molecule has 9 heteroatoms. The molecule has 2 bridgehead atoms. The molecule has 3 N–H and O–H groups in total. The number of nitrogens with one attached hydrogen (secondary N) is 2. The van der Waals surface area contributed by atoms with Crippen LogP contribution in [-0.2, 0) is 19.1 Å². The fourth-order valence-corrected chi connectivity index (χ4v) is 6.18. The molecule has 0 aliphatic carbocycles. The molecule has 3 saturated heterocycles. The number of anilines is 2. The first kappa shape index (κ1) is 24.7. The van der Waals surface area contributed by atoms with Crippen molar-refractivity contribution in [1.29, 1.82) is 0 Å². The van der Waals surface area contributed by atoms with E-state index >= 15 is 0 Å². The van der Waals surface area contributed by atoms with Crippen LogP contribution in [-0.4, -0.2) is 58.6 Å². The van der Waals surface area contributed by atoms with Gasteiger partial charge in [0.1, 0.15) is 11.6 Å². The number of ether oxygens (including phenoxy) is 1. The molecule has 3 amide bonds. The Labute approximate surface area is 215 Å². The van der Waals surface area contributed by atoms with E-state index in [0.717, 1.165) is 6.42 Å². The van der Waals surface area contributed by atoms with Gasteiger partial charge in [0.05, 0.1) is 17.9 Å². The molecule has 2 aromatic carbocycles. The molecule has 3 aliphatic heterocycles. The van der Waals surface area contributed by atoms with E-state index in [4.69, 9.17) is 21.4 Å². The zero-order valence-corrected chi connectivity index (χ0v) is 20.6. The summed E-state index contributed by atoms with van der Waals surface area (Å²) in [6, 6.07) is 15.1. The third-order valence-corrected chi connectivity index (χ3v) is 7.81. The number of benzene rings is 2. The monoisotopic (exact) mass is 511 g/mol. The van der Waals surface area contributed by atoms with Crippen molar-refractivity contribution in [3.8, 4) is 0 Å². The average molecular weight is 512 g/mol. The van der Waals surface area contributed by atoms with Gasteiger partial charge in [0.2, 0.25) is 17.7 Å². The van der Waals surface area contributed by atoms with Gasteiger partial charge in [-0.25, -0.2) is 0 Å². The van der Waals surface area contributed by atoms with Gasteiger partial charge in [-0.05, 0) is 68.5 Å².